The first kappa shape index (κ1) is 19.0. The summed E-state index contributed by atoms with van der Waals surface area (Å²) < 4.78 is 17.2. The highest BCUT2D eigenvalue weighted by Crippen LogP contribution is 2.53. The summed E-state index contributed by atoms with van der Waals surface area (Å²) in [7, 11) is 1.68. The molecule has 1 saturated heterocycles. The molecule has 34 heavy (non-hydrogen) atoms. The molecule has 0 spiro atoms. The van der Waals surface area contributed by atoms with E-state index in [1.54, 1.807) is 7.11 Å². The molecule has 4 atom stereocenters. The molecular formula is C27H23N3O4. The Morgan fingerprint density at radius 2 is 1.76 bits per heavy atom. The second-order valence-electron chi connectivity index (χ2n) is 9.81. The SMILES string of the molecule is CO[C@@H]1C[C@H](O)[C@H]2O[C@]1(C)n1c3ccccc3c3c4c(c5c6ccccc6n2c5c31)C(=O)NC4. The van der Waals surface area contributed by atoms with Crippen LogP contribution in [0.1, 0.15) is 35.5 Å². The maximum Gasteiger partial charge on any atom is 0.252 e. The van der Waals surface area contributed by atoms with Crippen molar-refractivity contribution in [3.05, 3.63) is 59.7 Å². The van der Waals surface area contributed by atoms with Gasteiger partial charge in [0.25, 0.3) is 5.91 Å². The molecule has 1 fully saturated rings. The number of aromatic nitrogens is 2. The molecule has 2 N–H and O–H groups in total. The van der Waals surface area contributed by atoms with Crippen molar-refractivity contribution in [2.75, 3.05) is 7.11 Å². The Labute approximate surface area is 194 Å². The topological polar surface area (TPSA) is 77.7 Å². The quantitative estimate of drug-likeness (QED) is 0.400. The predicted octanol–water partition coefficient (Wildman–Crippen LogP) is 4.13. The predicted molar refractivity (Wildman–Crippen MR) is 129 cm³/mol. The summed E-state index contributed by atoms with van der Waals surface area (Å²) >= 11 is 0. The van der Waals surface area contributed by atoms with Crippen molar-refractivity contribution in [1.29, 1.82) is 0 Å². The number of hydrogen-bond donors (Lipinski definition) is 2. The van der Waals surface area contributed by atoms with Crippen molar-refractivity contribution in [1.82, 2.24) is 14.5 Å². The third-order valence-corrected chi connectivity index (χ3v) is 8.24. The van der Waals surface area contributed by atoms with Crippen molar-refractivity contribution in [3.63, 3.8) is 0 Å². The lowest BCUT2D eigenvalue weighted by Gasteiger charge is -2.46. The van der Waals surface area contributed by atoms with E-state index in [0.29, 0.717) is 13.0 Å². The van der Waals surface area contributed by atoms with E-state index in [0.717, 1.165) is 54.7 Å². The van der Waals surface area contributed by atoms with Crippen LogP contribution >= 0.6 is 0 Å². The Hall–Kier alpha value is -3.39. The summed E-state index contributed by atoms with van der Waals surface area (Å²) in [5, 5.41) is 18.5. The van der Waals surface area contributed by atoms with Gasteiger partial charge in [0.15, 0.2) is 12.0 Å². The van der Waals surface area contributed by atoms with Gasteiger partial charge in [-0.05, 0) is 24.6 Å². The molecule has 1 amide bonds. The second-order valence-corrected chi connectivity index (χ2v) is 9.81. The molecule has 3 aromatic carbocycles. The summed E-state index contributed by atoms with van der Waals surface area (Å²) in [5.41, 5.74) is 4.87. The van der Waals surface area contributed by atoms with E-state index < -0.39 is 18.1 Å². The summed E-state index contributed by atoms with van der Waals surface area (Å²) in [4.78, 5) is 13.2. The van der Waals surface area contributed by atoms with Crippen molar-refractivity contribution in [2.24, 2.45) is 0 Å². The fraction of sp³-hybridized carbons (Fsp3) is 0.296. The molecule has 7 heteroatoms. The fourth-order valence-corrected chi connectivity index (χ4v) is 6.89. The minimum Gasteiger partial charge on any atom is -0.388 e. The number of aliphatic hydroxyl groups excluding tert-OH is 1. The zero-order valence-electron chi connectivity index (χ0n) is 18.8. The number of benzene rings is 3. The van der Waals surface area contributed by atoms with Gasteiger partial charge in [-0.2, -0.15) is 0 Å². The molecule has 2 bridgehead atoms. The number of methoxy groups -OCH3 is 1. The number of ether oxygens (including phenoxy) is 2. The highest BCUT2D eigenvalue weighted by Gasteiger charge is 2.52. The summed E-state index contributed by atoms with van der Waals surface area (Å²) in [6.07, 6.45) is -1.28. The van der Waals surface area contributed by atoms with Gasteiger partial charge in [0, 0.05) is 41.6 Å². The number of nitrogens with zero attached hydrogens (tertiary/aromatic N) is 2. The monoisotopic (exact) mass is 453 g/mol. The first-order valence-corrected chi connectivity index (χ1v) is 11.7. The van der Waals surface area contributed by atoms with Crippen molar-refractivity contribution in [3.8, 4) is 0 Å². The molecule has 3 aliphatic rings. The Balaban J connectivity index is 1.75. The number of rotatable bonds is 1. The van der Waals surface area contributed by atoms with Crippen molar-refractivity contribution < 1.29 is 19.4 Å². The maximum atomic E-state index is 13.2. The highest BCUT2D eigenvalue weighted by molar-refractivity contribution is 6.31. The number of fused-ring (bicyclic) bond motifs is 13. The van der Waals surface area contributed by atoms with Crippen LogP contribution in [0.2, 0.25) is 0 Å². The van der Waals surface area contributed by atoms with Gasteiger partial charge in [-0.25, -0.2) is 0 Å². The molecule has 170 valence electrons. The number of carbonyl (C=O) groups is 1. The third kappa shape index (κ3) is 1.92. The number of nitrogens with one attached hydrogen (secondary N) is 1. The lowest BCUT2D eigenvalue weighted by molar-refractivity contribution is -0.279. The molecular weight excluding hydrogens is 430 g/mol. The minimum absolute atomic E-state index is 0.0497. The van der Waals surface area contributed by atoms with E-state index in [1.807, 2.05) is 24.3 Å². The van der Waals surface area contributed by atoms with Crippen LogP contribution in [0.5, 0.6) is 0 Å². The van der Waals surface area contributed by atoms with Gasteiger partial charge in [-0.3, -0.25) is 4.79 Å². The standard InChI is InChI=1S/C27H23N3O4/c1-27-19(33-2)11-18(31)26(34-27)29-16-9-5-3-7-13(16)21-22-15(12-28-25(22)32)20-14-8-4-6-10-17(14)30(27)24(20)23(21)29/h3-10,18-19,26,31H,11-12H2,1-2H3,(H,28,32)/t18-,19+,26+,27-/m0/s1. The van der Waals surface area contributed by atoms with Crippen LogP contribution in [-0.4, -0.2) is 39.5 Å². The van der Waals surface area contributed by atoms with Gasteiger partial charge in [0.05, 0.1) is 27.6 Å². The molecule has 0 saturated carbocycles. The first-order valence-electron chi connectivity index (χ1n) is 11.7. The van der Waals surface area contributed by atoms with Gasteiger partial charge in [-0.15, -0.1) is 0 Å². The van der Waals surface area contributed by atoms with Crippen LogP contribution in [0.4, 0.5) is 0 Å². The molecule has 2 aromatic heterocycles. The number of para-hydroxylation sites is 2. The summed E-state index contributed by atoms with van der Waals surface area (Å²) in [6.45, 7) is 2.55. The summed E-state index contributed by atoms with van der Waals surface area (Å²) in [5.74, 6) is -0.0497. The normalized spacial score (nSPS) is 27.7. The van der Waals surface area contributed by atoms with Crippen molar-refractivity contribution >= 4 is 49.5 Å². The zero-order valence-corrected chi connectivity index (χ0v) is 18.8. The molecule has 5 aromatic rings. The number of aliphatic hydroxyl groups is 1. The Kier molecular flexibility index (Phi) is 3.34. The average Bonchev–Trinajstić information content (AvgIpc) is 3.48. The fourth-order valence-electron chi connectivity index (χ4n) is 6.89. The second kappa shape index (κ2) is 5.99. The van der Waals surface area contributed by atoms with Crippen LogP contribution < -0.4 is 5.32 Å². The molecule has 0 unspecified atom stereocenters. The Morgan fingerprint density at radius 1 is 1.06 bits per heavy atom. The van der Waals surface area contributed by atoms with Crippen LogP contribution in [-0.2, 0) is 21.7 Å². The zero-order chi connectivity index (χ0) is 22.9. The van der Waals surface area contributed by atoms with Gasteiger partial charge in [-0.1, -0.05) is 36.4 Å². The molecule has 5 heterocycles. The lowest BCUT2D eigenvalue weighted by atomic mass is 9.96. The summed E-state index contributed by atoms with van der Waals surface area (Å²) in [6, 6.07) is 16.4. The minimum atomic E-state index is -0.850. The number of amides is 1. The largest absolute Gasteiger partial charge is 0.388 e. The van der Waals surface area contributed by atoms with E-state index in [2.05, 4.69) is 45.6 Å². The molecule has 0 radical (unpaired) electrons. The Bertz CT molecular complexity index is 1730. The van der Waals surface area contributed by atoms with E-state index >= 15 is 0 Å². The molecule has 3 aliphatic heterocycles. The van der Waals surface area contributed by atoms with Gasteiger partial charge >= 0.3 is 0 Å². The van der Waals surface area contributed by atoms with Crippen LogP contribution in [0.3, 0.4) is 0 Å². The van der Waals surface area contributed by atoms with Crippen LogP contribution in [0.15, 0.2) is 48.5 Å². The van der Waals surface area contributed by atoms with Crippen LogP contribution in [0, 0.1) is 0 Å². The number of carbonyl (C=O) groups excluding carboxylic acids is 1. The lowest BCUT2D eigenvalue weighted by Crippen LogP contribution is -2.53. The van der Waals surface area contributed by atoms with Crippen LogP contribution in [0.25, 0.3) is 43.6 Å². The van der Waals surface area contributed by atoms with Gasteiger partial charge < -0.3 is 29.0 Å². The first-order chi connectivity index (χ1) is 16.5. The molecule has 0 aliphatic carbocycles. The number of hydrogen-bond acceptors (Lipinski definition) is 4. The average molecular weight is 453 g/mol. The van der Waals surface area contributed by atoms with E-state index in [1.165, 1.54) is 0 Å². The Morgan fingerprint density at radius 3 is 2.53 bits per heavy atom. The van der Waals surface area contributed by atoms with E-state index in [-0.39, 0.29) is 12.0 Å². The molecule has 8 rings (SSSR count). The third-order valence-electron chi connectivity index (χ3n) is 8.24. The van der Waals surface area contributed by atoms with Gasteiger partial charge in [0.2, 0.25) is 0 Å². The smallest absolute Gasteiger partial charge is 0.252 e. The van der Waals surface area contributed by atoms with Crippen molar-refractivity contribution in [2.45, 2.75) is 44.1 Å². The van der Waals surface area contributed by atoms with E-state index in [4.69, 9.17) is 9.47 Å². The maximum absolute atomic E-state index is 13.2. The molecule has 7 nitrogen and oxygen atoms in total. The highest BCUT2D eigenvalue weighted by atomic mass is 16.6. The van der Waals surface area contributed by atoms with E-state index in [9.17, 15) is 9.90 Å². The van der Waals surface area contributed by atoms with Gasteiger partial charge in [0.1, 0.15) is 12.2 Å².